The summed E-state index contributed by atoms with van der Waals surface area (Å²) in [5.41, 5.74) is 0. The van der Waals surface area contributed by atoms with Crippen LogP contribution in [0, 0.1) is 0 Å². The number of likely N-dealkylation sites (tertiary alicyclic amines) is 1. The van der Waals surface area contributed by atoms with Crippen LogP contribution >= 0.6 is 0 Å². The van der Waals surface area contributed by atoms with Crippen LogP contribution in [0.1, 0.15) is 13.3 Å². The summed E-state index contributed by atoms with van der Waals surface area (Å²) in [4.78, 5) is 26.5. The lowest BCUT2D eigenvalue weighted by Gasteiger charge is -2.34. The zero-order chi connectivity index (χ0) is 16.0. The predicted octanol–water partition coefficient (Wildman–Crippen LogP) is -0.390. The summed E-state index contributed by atoms with van der Waals surface area (Å²) in [7, 11) is 3.07. The number of hydrogen-bond donors (Lipinski definition) is 2. The molecular weight excluding hydrogens is 280 g/mol. The molecule has 122 valence electrons. The fourth-order valence-electron chi connectivity index (χ4n) is 2.45. The fourth-order valence-corrected chi connectivity index (χ4v) is 2.45. The van der Waals surface area contributed by atoms with Crippen molar-refractivity contribution < 1.29 is 29.3 Å². The highest BCUT2D eigenvalue weighted by atomic mass is 16.5. The van der Waals surface area contributed by atoms with Gasteiger partial charge in [0, 0.05) is 33.7 Å². The maximum Gasteiger partial charge on any atom is 0.326 e. The van der Waals surface area contributed by atoms with Crippen molar-refractivity contribution in [2.75, 3.05) is 40.5 Å². The number of carboxylic acid groups (broad SMARTS) is 1. The Morgan fingerprint density at radius 1 is 1.38 bits per heavy atom. The van der Waals surface area contributed by atoms with E-state index in [1.165, 1.54) is 24.0 Å². The molecule has 0 aromatic carbocycles. The van der Waals surface area contributed by atoms with Gasteiger partial charge in [-0.3, -0.25) is 0 Å². The molecule has 0 aromatic rings. The number of carboxylic acids is 1. The lowest BCUT2D eigenvalue weighted by molar-refractivity contribution is -0.141. The molecule has 0 aliphatic carbocycles. The fraction of sp³-hybridized carbons (Fsp3) is 0.846. The van der Waals surface area contributed by atoms with Crippen LogP contribution < -0.4 is 0 Å². The van der Waals surface area contributed by atoms with Gasteiger partial charge in [-0.1, -0.05) is 0 Å². The third kappa shape index (κ3) is 4.55. The van der Waals surface area contributed by atoms with Crippen LogP contribution in [0.25, 0.3) is 0 Å². The predicted molar refractivity (Wildman–Crippen MR) is 74.1 cm³/mol. The van der Waals surface area contributed by atoms with E-state index in [1.807, 2.05) is 6.92 Å². The molecule has 1 heterocycles. The Hall–Kier alpha value is -1.38. The average molecular weight is 304 g/mol. The molecule has 0 spiro atoms. The van der Waals surface area contributed by atoms with E-state index < -0.39 is 24.1 Å². The highest BCUT2D eigenvalue weighted by Gasteiger charge is 2.41. The second kappa shape index (κ2) is 8.16. The Labute approximate surface area is 124 Å². The first kappa shape index (κ1) is 17.7. The molecule has 2 amide bonds. The third-order valence-electron chi connectivity index (χ3n) is 3.53. The number of rotatable bonds is 7. The minimum atomic E-state index is -1.11. The number of carbonyl (C=O) groups is 2. The molecule has 0 bridgehead atoms. The van der Waals surface area contributed by atoms with E-state index in [0.29, 0.717) is 19.8 Å². The van der Waals surface area contributed by atoms with Crippen LogP contribution in [-0.4, -0.2) is 90.7 Å². The minimum Gasteiger partial charge on any atom is -0.480 e. The Morgan fingerprint density at radius 3 is 2.57 bits per heavy atom. The van der Waals surface area contributed by atoms with Gasteiger partial charge >= 0.3 is 12.0 Å². The molecule has 21 heavy (non-hydrogen) atoms. The first-order chi connectivity index (χ1) is 9.92. The van der Waals surface area contributed by atoms with E-state index in [1.54, 1.807) is 0 Å². The number of aliphatic hydroxyl groups is 1. The average Bonchev–Trinajstić information content (AvgIpc) is 2.81. The van der Waals surface area contributed by atoms with Crippen LogP contribution in [0.2, 0.25) is 0 Å². The molecule has 8 nitrogen and oxygen atoms in total. The minimum absolute atomic E-state index is 0.0268. The summed E-state index contributed by atoms with van der Waals surface area (Å²) in [5.74, 6) is -1.11. The second-order valence-electron chi connectivity index (χ2n) is 5.17. The van der Waals surface area contributed by atoms with Gasteiger partial charge in [0.05, 0.1) is 25.4 Å². The molecule has 1 rings (SSSR count). The highest BCUT2D eigenvalue weighted by Crippen LogP contribution is 2.21. The lowest BCUT2D eigenvalue weighted by atomic mass is 10.2. The molecule has 1 aliphatic heterocycles. The number of aliphatic hydroxyl groups excluding tert-OH is 1. The number of β-amino-alcohol motifs (C(OH)–C–C–N with tert-alkyl or cyclic N) is 1. The summed E-state index contributed by atoms with van der Waals surface area (Å²) in [5, 5.41) is 18.8. The van der Waals surface area contributed by atoms with Gasteiger partial charge in [-0.25, -0.2) is 9.59 Å². The molecule has 1 fully saturated rings. The largest absolute Gasteiger partial charge is 0.480 e. The van der Waals surface area contributed by atoms with Gasteiger partial charge in [-0.15, -0.1) is 0 Å². The van der Waals surface area contributed by atoms with E-state index in [9.17, 15) is 19.8 Å². The maximum absolute atomic E-state index is 12.6. The standard InChI is InChI=1S/C13H24N2O6/c1-9(8-21-3)14(4-5-20-2)13(19)15-7-10(16)6-11(15)12(17)18/h9-11,16H,4-8H2,1-3H3,(H,17,18)/t9?,10-,11-/m0/s1. The number of urea groups is 1. The van der Waals surface area contributed by atoms with Crippen molar-refractivity contribution in [2.45, 2.75) is 31.5 Å². The van der Waals surface area contributed by atoms with Crippen molar-refractivity contribution in [1.82, 2.24) is 9.80 Å². The van der Waals surface area contributed by atoms with E-state index in [-0.39, 0.29) is 19.0 Å². The Kier molecular flexibility index (Phi) is 6.86. The summed E-state index contributed by atoms with van der Waals surface area (Å²) in [6.45, 7) is 2.86. The Balaban J connectivity index is 2.84. The van der Waals surface area contributed by atoms with Crippen molar-refractivity contribution >= 4 is 12.0 Å². The van der Waals surface area contributed by atoms with Crippen molar-refractivity contribution in [2.24, 2.45) is 0 Å². The van der Waals surface area contributed by atoms with Crippen LogP contribution in [0.3, 0.4) is 0 Å². The molecule has 0 saturated carbocycles. The summed E-state index contributed by atoms with van der Waals surface area (Å²) < 4.78 is 10.0. The highest BCUT2D eigenvalue weighted by molar-refractivity contribution is 5.83. The van der Waals surface area contributed by atoms with E-state index in [2.05, 4.69) is 0 Å². The number of nitrogens with zero attached hydrogens (tertiary/aromatic N) is 2. The van der Waals surface area contributed by atoms with Gasteiger partial charge in [0.1, 0.15) is 6.04 Å². The van der Waals surface area contributed by atoms with Gasteiger partial charge in [0.2, 0.25) is 0 Å². The summed E-state index contributed by atoms with van der Waals surface area (Å²) in [6, 6.07) is -1.63. The van der Waals surface area contributed by atoms with Gasteiger partial charge < -0.3 is 29.5 Å². The Bertz CT molecular complexity index is 365. The number of amides is 2. The first-order valence-electron chi connectivity index (χ1n) is 6.88. The molecular formula is C13H24N2O6. The second-order valence-corrected chi connectivity index (χ2v) is 5.17. The number of ether oxygens (including phenoxy) is 2. The van der Waals surface area contributed by atoms with Crippen molar-refractivity contribution in [3.8, 4) is 0 Å². The topological polar surface area (TPSA) is 99.5 Å². The van der Waals surface area contributed by atoms with E-state index in [4.69, 9.17) is 9.47 Å². The molecule has 1 saturated heterocycles. The summed E-state index contributed by atoms with van der Waals surface area (Å²) in [6.07, 6.45) is -0.755. The zero-order valence-electron chi connectivity index (χ0n) is 12.7. The van der Waals surface area contributed by atoms with Crippen LogP contribution in [0.4, 0.5) is 4.79 Å². The molecule has 3 atom stereocenters. The lowest BCUT2D eigenvalue weighted by Crippen LogP contribution is -2.52. The smallest absolute Gasteiger partial charge is 0.326 e. The van der Waals surface area contributed by atoms with E-state index in [0.717, 1.165) is 0 Å². The number of carbonyl (C=O) groups excluding carboxylic acids is 1. The molecule has 0 aromatic heterocycles. The van der Waals surface area contributed by atoms with Crippen molar-refractivity contribution in [3.63, 3.8) is 0 Å². The van der Waals surface area contributed by atoms with Gasteiger partial charge in [0.15, 0.2) is 0 Å². The number of aliphatic carboxylic acids is 1. The first-order valence-corrected chi connectivity index (χ1v) is 6.88. The van der Waals surface area contributed by atoms with Crippen molar-refractivity contribution in [1.29, 1.82) is 0 Å². The van der Waals surface area contributed by atoms with Crippen LogP contribution in [0.15, 0.2) is 0 Å². The third-order valence-corrected chi connectivity index (χ3v) is 3.53. The number of hydrogen-bond acceptors (Lipinski definition) is 5. The molecule has 1 unspecified atom stereocenters. The molecule has 8 heteroatoms. The molecule has 2 N–H and O–H groups in total. The van der Waals surface area contributed by atoms with Gasteiger partial charge in [-0.2, -0.15) is 0 Å². The monoisotopic (exact) mass is 304 g/mol. The number of methoxy groups -OCH3 is 2. The van der Waals surface area contributed by atoms with Crippen molar-refractivity contribution in [3.05, 3.63) is 0 Å². The summed E-state index contributed by atoms with van der Waals surface area (Å²) >= 11 is 0. The SMILES string of the molecule is COCCN(C(=O)N1C[C@@H](O)C[C@H]1C(=O)O)C(C)COC. The van der Waals surface area contributed by atoms with Crippen LogP contribution in [0.5, 0.6) is 0 Å². The van der Waals surface area contributed by atoms with Gasteiger partial charge in [-0.05, 0) is 6.92 Å². The van der Waals surface area contributed by atoms with Crippen LogP contribution in [-0.2, 0) is 14.3 Å². The normalized spacial score (nSPS) is 23.1. The van der Waals surface area contributed by atoms with E-state index >= 15 is 0 Å². The quantitative estimate of drug-likeness (QED) is 0.664. The molecule has 1 aliphatic rings. The Morgan fingerprint density at radius 2 is 2.05 bits per heavy atom. The zero-order valence-corrected chi connectivity index (χ0v) is 12.7. The maximum atomic E-state index is 12.6. The molecule has 0 radical (unpaired) electrons. The van der Waals surface area contributed by atoms with Gasteiger partial charge in [0.25, 0.3) is 0 Å².